The number of ether oxygens (including phenoxy) is 2. The van der Waals surface area contributed by atoms with Crippen molar-refractivity contribution in [2.24, 2.45) is 0 Å². The highest BCUT2D eigenvalue weighted by molar-refractivity contribution is 7.10. The lowest BCUT2D eigenvalue weighted by molar-refractivity contribution is -0.135. The fourth-order valence-corrected chi connectivity index (χ4v) is 5.84. The van der Waals surface area contributed by atoms with Crippen molar-refractivity contribution >= 4 is 23.3 Å². The summed E-state index contributed by atoms with van der Waals surface area (Å²) >= 11 is 1.73. The number of benzene rings is 1. The number of aryl methyl sites for hydroxylation is 2. The molecule has 2 atom stereocenters. The third-order valence-electron chi connectivity index (χ3n) is 6.69. The largest absolute Gasteiger partial charge is 0.491 e. The van der Waals surface area contributed by atoms with Gasteiger partial charge in [-0.15, -0.1) is 11.3 Å². The molecule has 1 fully saturated rings. The number of carbonyl (C=O) groups is 2. The highest BCUT2D eigenvalue weighted by atomic mass is 32.1. The molecule has 8 heteroatoms. The van der Waals surface area contributed by atoms with Crippen molar-refractivity contribution in [3.63, 3.8) is 0 Å². The maximum Gasteiger partial charge on any atom is 0.318 e. The molecule has 3 amide bonds. The van der Waals surface area contributed by atoms with Gasteiger partial charge in [0, 0.05) is 30.1 Å². The summed E-state index contributed by atoms with van der Waals surface area (Å²) in [6, 6.07) is 7.82. The number of nitrogens with zero attached hydrogens (tertiary/aromatic N) is 2. The van der Waals surface area contributed by atoms with E-state index >= 15 is 0 Å². The number of hydrogen-bond donors (Lipinski definition) is 1. The number of urea groups is 1. The van der Waals surface area contributed by atoms with Gasteiger partial charge < -0.3 is 24.6 Å². The van der Waals surface area contributed by atoms with Crippen molar-refractivity contribution in [3.8, 4) is 5.75 Å². The first-order valence-corrected chi connectivity index (χ1v) is 13.7. The second-order valence-electron chi connectivity index (χ2n) is 10.9. The van der Waals surface area contributed by atoms with Crippen molar-refractivity contribution in [1.29, 1.82) is 0 Å². The zero-order valence-electron chi connectivity index (χ0n) is 22.1. The molecule has 0 aliphatic carbocycles. The van der Waals surface area contributed by atoms with Crippen LogP contribution in [0.15, 0.2) is 29.6 Å². The topological polar surface area (TPSA) is 71.1 Å². The molecule has 2 aromatic rings. The lowest BCUT2D eigenvalue weighted by Gasteiger charge is -2.38. The van der Waals surface area contributed by atoms with Crippen molar-refractivity contribution < 1.29 is 19.1 Å². The first-order chi connectivity index (χ1) is 17.1. The zero-order valence-corrected chi connectivity index (χ0v) is 23.0. The van der Waals surface area contributed by atoms with Crippen molar-refractivity contribution in [3.05, 3.63) is 51.2 Å². The summed E-state index contributed by atoms with van der Waals surface area (Å²) < 4.78 is 12.1. The van der Waals surface area contributed by atoms with Crippen LogP contribution in [0.2, 0.25) is 0 Å². The minimum absolute atomic E-state index is 0.0152. The maximum absolute atomic E-state index is 13.7. The predicted molar refractivity (Wildman–Crippen MR) is 143 cm³/mol. The van der Waals surface area contributed by atoms with Crippen LogP contribution in [0.5, 0.6) is 5.75 Å². The van der Waals surface area contributed by atoms with Crippen LogP contribution in [0.3, 0.4) is 0 Å². The molecule has 2 aliphatic heterocycles. The molecule has 1 aromatic heterocycles. The smallest absolute Gasteiger partial charge is 0.318 e. The SMILES string of the molecule is Cc1ccc(OCC2c3ccsc3CCN2C(=O)CN(CC2CCCO2)C(=O)NC(C)(C)C)c(C)c1. The minimum Gasteiger partial charge on any atom is -0.491 e. The zero-order chi connectivity index (χ0) is 25.9. The van der Waals surface area contributed by atoms with Crippen LogP contribution in [0.4, 0.5) is 4.79 Å². The minimum atomic E-state index is -0.395. The van der Waals surface area contributed by atoms with E-state index in [4.69, 9.17) is 9.47 Å². The maximum atomic E-state index is 13.7. The van der Waals surface area contributed by atoms with E-state index in [0.717, 1.165) is 36.1 Å². The second kappa shape index (κ2) is 11.2. The van der Waals surface area contributed by atoms with Crippen LogP contribution in [0, 0.1) is 13.8 Å². The summed E-state index contributed by atoms with van der Waals surface area (Å²) in [5.41, 5.74) is 3.02. The first-order valence-electron chi connectivity index (χ1n) is 12.8. The van der Waals surface area contributed by atoms with Crippen LogP contribution in [-0.4, -0.2) is 66.2 Å². The van der Waals surface area contributed by atoms with Gasteiger partial charge in [-0.25, -0.2) is 4.79 Å². The van der Waals surface area contributed by atoms with E-state index in [9.17, 15) is 9.59 Å². The summed E-state index contributed by atoms with van der Waals surface area (Å²) in [6.45, 7) is 12.1. The number of hydrogen-bond acceptors (Lipinski definition) is 5. The monoisotopic (exact) mass is 513 g/mol. The molecule has 2 aliphatic rings. The van der Waals surface area contributed by atoms with Gasteiger partial charge >= 0.3 is 6.03 Å². The molecule has 0 radical (unpaired) electrons. The standard InChI is InChI=1S/C28H39N3O4S/c1-19-8-9-24(20(2)15-19)35-18-23-22-11-14-36-25(22)10-12-31(23)26(32)17-30(16-21-7-6-13-34-21)27(33)29-28(3,4)5/h8-9,11,14-15,21,23H,6-7,10,12-13,16-18H2,1-5H3,(H,29,33). The summed E-state index contributed by atoms with van der Waals surface area (Å²) in [5, 5.41) is 5.11. The Hall–Kier alpha value is -2.58. The number of amides is 3. The van der Waals surface area contributed by atoms with Crippen molar-refractivity contribution in [1.82, 2.24) is 15.1 Å². The lowest BCUT2D eigenvalue weighted by Crippen LogP contribution is -2.54. The van der Waals surface area contributed by atoms with Gasteiger partial charge in [0.05, 0.1) is 12.1 Å². The van der Waals surface area contributed by atoms with Gasteiger partial charge in [-0.3, -0.25) is 4.79 Å². The van der Waals surface area contributed by atoms with Crippen molar-refractivity contribution in [2.45, 2.75) is 71.6 Å². The number of fused-ring (bicyclic) bond motifs is 1. The lowest BCUT2D eigenvalue weighted by atomic mass is 10.00. The fraction of sp³-hybridized carbons (Fsp3) is 0.571. The van der Waals surface area contributed by atoms with Crippen molar-refractivity contribution in [2.75, 3.05) is 32.8 Å². The van der Waals surface area contributed by atoms with Gasteiger partial charge in [0.2, 0.25) is 5.91 Å². The van der Waals surface area contributed by atoms with Gasteiger partial charge in [0.1, 0.15) is 18.9 Å². The van der Waals surface area contributed by atoms with E-state index in [1.165, 1.54) is 10.4 Å². The normalized spacial score (nSPS) is 19.6. The molecule has 4 rings (SSSR count). The molecule has 3 heterocycles. The Labute approximate surface area is 218 Å². The highest BCUT2D eigenvalue weighted by Crippen LogP contribution is 2.34. The van der Waals surface area contributed by atoms with Gasteiger partial charge in [0.15, 0.2) is 0 Å². The van der Waals surface area contributed by atoms with E-state index < -0.39 is 5.54 Å². The Balaban J connectivity index is 1.51. The fourth-order valence-electron chi connectivity index (χ4n) is 4.91. The molecule has 2 unspecified atom stereocenters. The Morgan fingerprint density at radius 3 is 2.75 bits per heavy atom. The number of nitrogens with one attached hydrogen (secondary N) is 1. The van der Waals surface area contributed by atoms with E-state index in [-0.39, 0.29) is 30.6 Å². The van der Waals surface area contributed by atoms with E-state index in [1.807, 2.05) is 44.7 Å². The summed E-state index contributed by atoms with van der Waals surface area (Å²) in [4.78, 5) is 31.7. The number of thiophene rings is 1. The molecule has 1 N–H and O–H groups in total. The molecule has 0 bridgehead atoms. The third kappa shape index (κ3) is 6.59. The quantitative estimate of drug-likeness (QED) is 0.574. The third-order valence-corrected chi connectivity index (χ3v) is 7.68. The summed E-state index contributed by atoms with van der Waals surface area (Å²) in [6.07, 6.45) is 2.68. The highest BCUT2D eigenvalue weighted by Gasteiger charge is 2.35. The van der Waals surface area contributed by atoms with Crippen LogP contribution >= 0.6 is 11.3 Å². The van der Waals surface area contributed by atoms with Gasteiger partial charge in [-0.1, -0.05) is 17.7 Å². The number of rotatable bonds is 7. The van der Waals surface area contributed by atoms with Crippen LogP contribution in [0.25, 0.3) is 0 Å². The Kier molecular flexibility index (Phi) is 8.25. The molecule has 1 saturated heterocycles. The van der Waals surface area contributed by atoms with E-state index in [1.54, 1.807) is 16.2 Å². The molecule has 196 valence electrons. The Bertz CT molecular complexity index is 1070. The first kappa shape index (κ1) is 26.5. The summed E-state index contributed by atoms with van der Waals surface area (Å²) in [7, 11) is 0. The molecule has 7 nitrogen and oxygen atoms in total. The average molecular weight is 514 g/mol. The predicted octanol–water partition coefficient (Wildman–Crippen LogP) is 4.86. The van der Waals surface area contributed by atoms with Gasteiger partial charge in [0.25, 0.3) is 0 Å². The van der Waals surface area contributed by atoms with E-state index in [0.29, 0.717) is 26.3 Å². The Morgan fingerprint density at radius 2 is 2.06 bits per heavy atom. The molecular weight excluding hydrogens is 474 g/mol. The Morgan fingerprint density at radius 1 is 1.25 bits per heavy atom. The number of carbonyl (C=O) groups excluding carboxylic acids is 2. The molecule has 0 spiro atoms. The van der Waals surface area contributed by atoms with Crippen LogP contribution < -0.4 is 10.1 Å². The van der Waals surface area contributed by atoms with Gasteiger partial charge in [-0.05, 0) is 82.5 Å². The molecule has 0 saturated carbocycles. The molecular formula is C28H39N3O4S. The van der Waals surface area contributed by atoms with Crippen LogP contribution in [0.1, 0.15) is 61.2 Å². The van der Waals surface area contributed by atoms with E-state index in [2.05, 4.69) is 29.8 Å². The molecule has 36 heavy (non-hydrogen) atoms. The average Bonchev–Trinajstić information content (AvgIpc) is 3.48. The van der Waals surface area contributed by atoms with Crippen LogP contribution in [-0.2, 0) is 16.0 Å². The second-order valence-corrected chi connectivity index (χ2v) is 11.9. The summed E-state index contributed by atoms with van der Waals surface area (Å²) in [5.74, 6) is 0.767. The van der Waals surface area contributed by atoms with Gasteiger partial charge in [-0.2, -0.15) is 0 Å². The molecule has 1 aromatic carbocycles.